The number of halogens is 3. The number of piperazine rings is 1. The number of likely N-dealkylation sites (N-methyl/N-ethyl adjacent to an activating group) is 1. The second-order valence-electron chi connectivity index (χ2n) is 19.8. The van der Waals surface area contributed by atoms with Gasteiger partial charge in [0.1, 0.15) is 24.2 Å². The number of aromatic nitrogens is 2. The van der Waals surface area contributed by atoms with Crippen LogP contribution in [-0.2, 0) is 40.4 Å². The molecule has 0 spiro atoms. The molecular weight excluding hydrogens is 988 g/mol. The molecule has 1 aromatic heterocycles. The number of carbonyl (C=O) groups excluding carboxylic acids is 5. The first-order valence-corrected chi connectivity index (χ1v) is 25.6. The molecule has 0 bridgehead atoms. The number of anilines is 3. The van der Waals surface area contributed by atoms with E-state index in [1.807, 2.05) is 30.3 Å². The van der Waals surface area contributed by atoms with Crippen molar-refractivity contribution in [3.05, 3.63) is 111 Å². The fraction of sp³-hybridized carbons (Fsp3) is 0.407. The monoisotopic (exact) mass is 1040 g/mol. The minimum atomic E-state index is -1.24. The van der Waals surface area contributed by atoms with Gasteiger partial charge in [-0.3, -0.25) is 24.5 Å². The highest BCUT2D eigenvalue weighted by molar-refractivity contribution is 6.36. The SMILES string of the molecule is CC(COc1cc(F)c(F)cc1NC(=O)NCc1ccc2c(c1)CN(C1CCC(=O)NC1=O)C2=O)C(=O)N1CCN(c2nc(OC[C@@H]3CCCN3C)nc3c2CCN(c2cccc4cccc(Cl)c24)C3)C[C@@H]1CC#N. The van der Waals surface area contributed by atoms with Gasteiger partial charge < -0.3 is 44.6 Å². The highest BCUT2D eigenvalue weighted by Gasteiger charge is 2.40. The summed E-state index contributed by atoms with van der Waals surface area (Å²) < 4.78 is 41.7. The Hall–Kier alpha value is -7.63. The molecule has 0 saturated carbocycles. The number of ether oxygens (including phenoxy) is 2. The Morgan fingerprint density at radius 1 is 0.933 bits per heavy atom. The lowest BCUT2D eigenvalue weighted by Gasteiger charge is -2.43. The van der Waals surface area contributed by atoms with Crippen LogP contribution in [0.2, 0.25) is 5.02 Å². The van der Waals surface area contributed by atoms with E-state index in [2.05, 4.69) is 49.8 Å². The summed E-state index contributed by atoms with van der Waals surface area (Å²) in [5.74, 6) is -4.31. The predicted octanol–water partition coefficient (Wildman–Crippen LogP) is 6.33. The second kappa shape index (κ2) is 21.7. The standard InChI is InChI=1S/C54H56ClF2N11O7/c1-31(29-74-46-24-41(57)40(56)23-42(46)60-53(73)59-25-32-11-12-37-34(22-32)26-68(52(37)72)45-13-14-47(69)62-50(45)70)51(71)67-21-20-66(27-35(67)15-17-58)49-38-16-19-65(44-10-4-7-33-6-3-9-39(55)48(33)44)28-43(38)61-54(63-49)75-30-36-8-5-18-64(36)2/h3-4,6-7,9-12,22-24,31,35-36,45H,5,8,13-16,18-21,25-30H2,1-2H3,(H2,59,60,73)(H,62,69,70)/t31?,35-,36-,45?/m0/s1. The van der Waals surface area contributed by atoms with Crippen LogP contribution >= 0.6 is 11.6 Å². The van der Waals surface area contributed by atoms with E-state index in [4.69, 9.17) is 31.0 Å². The molecule has 0 aliphatic carbocycles. The first kappa shape index (κ1) is 50.9. The van der Waals surface area contributed by atoms with Crippen molar-refractivity contribution in [2.45, 2.75) is 83.2 Å². The Balaban J connectivity index is 0.793. The van der Waals surface area contributed by atoms with Crippen LogP contribution in [0.15, 0.2) is 66.7 Å². The lowest BCUT2D eigenvalue weighted by molar-refractivity contribution is -0.139. The van der Waals surface area contributed by atoms with Gasteiger partial charge in [-0.15, -0.1) is 0 Å². The molecule has 10 rings (SSSR count). The molecule has 0 radical (unpaired) electrons. The van der Waals surface area contributed by atoms with Crippen LogP contribution in [0.1, 0.15) is 71.8 Å². The van der Waals surface area contributed by atoms with Crippen molar-refractivity contribution in [3.8, 4) is 17.8 Å². The summed E-state index contributed by atoms with van der Waals surface area (Å²) in [5.41, 5.74) is 4.31. The summed E-state index contributed by atoms with van der Waals surface area (Å²) in [6.07, 6.45) is 3.11. The highest BCUT2D eigenvalue weighted by atomic mass is 35.5. The van der Waals surface area contributed by atoms with Crippen molar-refractivity contribution in [3.63, 3.8) is 0 Å². The molecule has 2 unspecified atom stereocenters. The number of benzene rings is 4. The molecule has 75 heavy (non-hydrogen) atoms. The van der Waals surface area contributed by atoms with E-state index >= 15 is 0 Å². The van der Waals surface area contributed by atoms with Crippen LogP contribution in [0.5, 0.6) is 11.8 Å². The summed E-state index contributed by atoms with van der Waals surface area (Å²) in [7, 11) is 2.09. The first-order chi connectivity index (χ1) is 36.2. The molecular formula is C54H56ClF2N11O7. The number of urea groups is 1. The van der Waals surface area contributed by atoms with E-state index < -0.39 is 41.6 Å². The molecule has 21 heteroatoms. The summed E-state index contributed by atoms with van der Waals surface area (Å²) in [6.45, 7) is 5.07. The van der Waals surface area contributed by atoms with Crippen LogP contribution in [0.25, 0.3) is 10.8 Å². The maximum absolute atomic E-state index is 14.7. The molecule has 4 atom stereocenters. The van der Waals surface area contributed by atoms with Crippen molar-refractivity contribution >= 4 is 69.2 Å². The number of nitriles is 1. The van der Waals surface area contributed by atoms with Gasteiger partial charge in [-0.25, -0.2) is 13.6 Å². The molecule has 18 nitrogen and oxygen atoms in total. The number of nitrogens with zero attached hydrogens (tertiary/aromatic N) is 8. The fourth-order valence-electron chi connectivity index (χ4n) is 10.8. The molecule has 3 saturated heterocycles. The smallest absolute Gasteiger partial charge is 0.319 e. The quantitative estimate of drug-likeness (QED) is 0.104. The third kappa shape index (κ3) is 10.7. The van der Waals surface area contributed by atoms with Gasteiger partial charge >= 0.3 is 12.0 Å². The Morgan fingerprint density at radius 3 is 2.53 bits per heavy atom. The van der Waals surface area contributed by atoms with Gasteiger partial charge in [0.25, 0.3) is 5.91 Å². The lowest BCUT2D eigenvalue weighted by atomic mass is 10.0. The zero-order chi connectivity index (χ0) is 52.5. The number of amides is 6. The average molecular weight is 1040 g/mol. The Bertz CT molecular complexity index is 3130. The van der Waals surface area contributed by atoms with Crippen LogP contribution in [-0.4, -0.2) is 125 Å². The number of rotatable bonds is 14. The maximum Gasteiger partial charge on any atom is 0.319 e. The Morgan fingerprint density at radius 2 is 1.75 bits per heavy atom. The number of fused-ring (bicyclic) bond motifs is 3. The summed E-state index contributed by atoms with van der Waals surface area (Å²) in [6, 6.07) is 19.3. The minimum absolute atomic E-state index is 0.0126. The summed E-state index contributed by atoms with van der Waals surface area (Å²) in [4.78, 5) is 84.5. The molecule has 6 heterocycles. The van der Waals surface area contributed by atoms with Crippen molar-refractivity contribution in [1.82, 2.24) is 35.3 Å². The third-order valence-corrected chi connectivity index (χ3v) is 15.2. The minimum Gasteiger partial charge on any atom is -0.490 e. The number of imide groups is 1. The molecule has 3 fully saturated rings. The highest BCUT2D eigenvalue weighted by Crippen LogP contribution is 2.38. The fourth-order valence-corrected chi connectivity index (χ4v) is 11.1. The van der Waals surface area contributed by atoms with E-state index in [0.29, 0.717) is 66.7 Å². The summed E-state index contributed by atoms with van der Waals surface area (Å²) in [5, 5.41) is 20.2. The molecule has 5 aliphatic rings. The number of piperidine rings is 1. The van der Waals surface area contributed by atoms with Gasteiger partial charge in [0.05, 0.1) is 54.0 Å². The lowest BCUT2D eigenvalue weighted by Crippen LogP contribution is -2.57. The zero-order valence-electron chi connectivity index (χ0n) is 41.5. The van der Waals surface area contributed by atoms with Crippen LogP contribution in [0, 0.1) is 28.9 Å². The van der Waals surface area contributed by atoms with Crippen LogP contribution in [0.3, 0.4) is 0 Å². The van der Waals surface area contributed by atoms with Crippen LogP contribution < -0.4 is 35.2 Å². The largest absolute Gasteiger partial charge is 0.490 e. The number of carbonyl (C=O) groups is 5. The van der Waals surface area contributed by atoms with Gasteiger partial charge in [0.15, 0.2) is 11.6 Å². The third-order valence-electron chi connectivity index (χ3n) is 14.9. The zero-order valence-corrected chi connectivity index (χ0v) is 42.3. The maximum atomic E-state index is 14.7. The molecule has 5 aliphatic heterocycles. The first-order valence-electron chi connectivity index (χ1n) is 25.2. The Labute approximate surface area is 436 Å². The van der Waals surface area contributed by atoms with E-state index in [1.165, 1.54) is 4.90 Å². The number of likely N-dealkylation sites (tertiary alicyclic amines) is 1. The number of hydrogen-bond donors (Lipinski definition) is 3. The molecule has 4 aromatic carbocycles. The van der Waals surface area contributed by atoms with E-state index in [1.54, 1.807) is 30.0 Å². The predicted molar refractivity (Wildman–Crippen MR) is 274 cm³/mol. The number of hydrogen-bond acceptors (Lipinski definition) is 13. The van der Waals surface area contributed by atoms with Crippen LogP contribution in [0.4, 0.5) is 30.8 Å². The van der Waals surface area contributed by atoms with Gasteiger partial charge in [0, 0.05) is 86.1 Å². The van der Waals surface area contributed by atoms with E-state index in [0.717, 1.165) is 59.2 Å². The van der Waals surface area contributed by atoms with Crippen molar-refractivity contribution < 1.29 is 42.2 Å². The number of nitrogens with one attached hydrogen (secondary N) is 3. The van der Waals surface area contributed by atoms with Crippen molar-refractivity contribution in [2.24, 2.45) is 5.92 Å². The second-order valence-corrected chi connectivity index (χ2v) is 20.2. The van der Waals surface area contributed by atoms with Gasteiger partial charge in [0.2, 0.25) is 17.7 Å². The Kier molecular flexibility index (Phi) is 14.7. The average Bonchev–Trinajstić information content (AvgIpc) is 3.97. The summed E-state index contributed by atoms with van der Waals surface area (Å²) >= 11 is 6.78. The van der Waals surface area contributed by atoms with Crippen molar-refractivity contribution in [1.29, 1.82) is 5.26 Å². The van der Waals surface area contributed by atoms with Gasteiger partial charge in [-0.1, -0.05) is 54.9 Å². The molecule has 390 valence electrons. The molecule has 3 N–H and O–H groups in total. The molecule has 5 aromatic rings. The van der Waals surface area contributed by atoms with E-state index in [-0.39, 0.29) is 86.7 Å². The normalized spacial score (nSPS) is 20.1. The topological polar surface area (TPSA) is 206 Å². The molecule has 6 amide bonds. The van der Waals surface area contributed by atoms with Gasteiger partial charge in [-0.2, -0.15) is 15.2 Å². The van der Waals surface area contributed by atoms with Crippen molar-refractivity contribution in [2.75, 3.05) is 68.1 Å². The van der Waals surface area contributed by atoms with E-state index in [9.17, 15) is 38.0 Å². The van der Waals surface area contributed by atoms with Gasteiger partial charge in [-0.05, 0) is 74.0 Å².